The predicted molar refractivity (Wildman–Crippen MR) is 89.6 cm³/mol. The van der Waals surface area contributed by atoms with E-state index in [0.29, 0.717) is 6.61 Å². The van der Waals surface area contributed by atoms with Gasteiger partial charge in [-0.3, -0.25) is 0 Å². The van der Waals surface area contributed by atoms with Crippen LogP contribution in [0.2, 0.25) is 0 Å². The molecule has 1 fully saturated rings. The highest BCUT2D eigenvalue weighted by Crippen LogP contribution is 2.60. The highest BCUT2D eigenvalue weighted by Gasteiger charge is 2.64. The average Bonchev–Trinajstić information content (AvgIpc) is 3.31. The Morgan fingerprint density at radius 1 is 1.14 bits per heavy atom. The number of rotatable bonds is 4. The van der Waals surface area contributed by atoms with Crippen LogP contribution in [0.15, 0.2) is 59.8 Å². The first-order valence-electron chi connectivity index (χ1n) is 7.45. The van der Waals surface area contributed by atoms with Gasteiger partial charge in [0.05, 0.1) is 11.6 Å². The number of nitrogens with zero attached hydrogens (tertiary/aromatic N) is 1. The van der Waals surface area contributed by atoms with E-state index in [9.17, 15) is 0 Å². The largest absolute Gasteiger partial charge is 0.481 e. The van der Waals surface area contributed by atoms with Gasteiger partial charge in [0.2, 0.25) is 0 Å². The number of hydrogen-bond acceptors (Lipinski definition) is 3. The molecule has 2 aromatic rings. The zero-order valence-corrected chi connectivity index (χ0v) is 13.6. The summed E-state index contributed by atoms with van der Waals surface area (Å²) < 4.78 is 6.37. The van der Waals surface area contributed by atoms with Crippen molar-refractivity contribution >= 4 is 21.6 Å². The number of oxime groups is 1. The van der Waals surface area contributed by atoms with Crippen molar-refractivity contribution in [1.29, 1.82) is 0 Å². The van der Waals surface area contributed by atoms with Crippen LogP contribution in [0.1, 0.15) is 17.5 Å². The molecule has 0 spiro atoms. The summed E-state index contributed by atoms with van der Waals surface area (Å²) in [6.07, 6.45) is 0.947. The first-order chi connectivity index (χ1) is 10.8. The molecule has 0 saturated heterocycles. The molecule has 0 bridgehead atoms. The Labute approximate surface area is 138 Å². The number of hydrogen-bond donors (Lipinski definition) is 0. The van der Waals surface area contributed by atoms with Crippen molar-refractivity contribution in [2.24, 2.45) is 11.1 Å². The molecule has 112 valence electrons. The second-order valence-electron chi connectivity index (χ2n) is 5.61. The zero-order valence-electron chi connectivity index (χ0n) is 12.0. The Balaban J connectivity index is 1.75. The van der Waals surface area contributed by atoms with Gasteiger partial charge in [-0.25, -0.2) is 0 Å². The quantitative estimate of drug-likeness (QED) is 0.468. The third kappa shape index (κ3) is 2.13. The minimum atomic E-state index is -0.272. The Kier molecular flexibility index (Phi) is 3.41. The van der Waals surface area contributed by atoms with Crippen LogP contribution in [0.5, 0.6) is 5.75 Å². The second-order valence-corrected chi connectivity index (χ2v) is 6.40. The van der Waals surface area contributed by atoms with Crippen molar-refractivity contribution < 1.29 is 9.57 Å². The lowest BCUT2D eigenvalue weighted by Crippen LogP contribution is -2.28. The number of benzene rings is 2. The van der Waals surface area contributed by atoms with E-state index in [1.165, 1.54) is 5.56 Å². The van der Waals surface area contributed by atoms with Gasteiger partial charge in [0.1, 0.15) is 18.0 Å². The number of ether oxygens (including phenoxy) is 1. The van der Waals surface area contributed by atoms with Crippen molar-refractivity contribution in [1.82, 2.24) is 0 Å². The van der Waals surface area contributed by atoms with Crippen molar-refractivity contribution in [2.75, 3.05) is 11.9 Å². The predicted octanol–water partition coefficient (Wildman–Crippen LogP) is 4.11. The molecule has 2 aliphatic rings. The fourth-order valence-electron chi connectivity index (χ4n) is 3.19. The Hall–Kier alpha value is -1.81. The highest BCUT2D eigenvalue weighted by atomic mass is 79.9. The van der Waals surface area contributed by atoms with Crippen LogP contribution < -0.4 is 4.74 Å². The van der Waals surface area contributed by atoms with Gasteiger partial charge in [-0.15, -0.1) is 0 Å². The monoisotopic (exact) mass is 357 g/mol. The summed E-state index contributed by atoms with van der Waals surface area (Å²) in [5, 5.41) is 5.19. The van der Waals surface area contributed by atoms with E-state index in [0.717, 1.165) is 28.8 Å². The van der Waals surface area contributed by atoms with Gasteiger partial charge in [-0.1, -0.05) is 63.6 Å². The number of para-hydroxylation sites is 1. The molecule has 1 aliphatic carbocycles. The van der Waals surface area contributed by atoms with Crippen LogP contribution in [-0.2, 0) is 10.4 Å². The van der Waals surface area contributed by atoms with E-state index in [4.69, 9.17) is 9.57 Å². The maximum absolute atomic E-state index is 6.37. The molecule has 4 heteroatoms. The molecule has 4 rings (SSSR count). The van der Waals surface area contributed by atoms with E-state index in [1.54, 1.807) is 0 Å². The van der Waals surface area contributed by atoms with E-state index >= 15 is 0 Å². The molecule has 1 saturated carbocycles. The van der Waals surface area contributed by atoms with Gasteiger partial charge >= 0.3 is 0 Å². The summed E-state index contributed by atoms with van der Waals surface area (Å²) in [5.41, 5.74) is 2.99. The van der Waals surface area contributed by atoms with Crippen molar-refractivity contribution in [3.05, 3.63) is 65.7 Å². The Morgan fingerprint density at radius 2 is 1.91 bits per heavy atom. The summed E-state index contributed by atoms with van der Waals surface area (Å²) in [7, 11) is 0. The van der Waals surface area contributed by atoms with E-state index in [2.05, 4.69) is 51.4 Å². The zero-order chi connectivity index (χ0) is 15.0. The molecular weight excluding hydrogens is 342 g/mol. The van der Waals surface area contributed by atoms with Gasteiger partial charge in [0, 0.05) is 17.3 Å². The van der Waals surface area contributed by atoms with Gasteiger partial charge < -0.3 is 9.57 Å². The molecule has 0 aromatic heterocycles. The third-order valence-corrected chi connectivity index (χ3v) is 4.61. The van der Waals surface area contributed by atoms with Crippen molar-refractivity contribution in [3.63, 3.8) is 0 Å². The molecule has 2 aromatic carbocycles. The summed E-state index contributed by atoms with van der Waals surface area (Å²) in [4.78, 5) is 5.44. The highest BCUT2D eigenvalue weighted by molar-refractivity contribution is 9.09. The van der Waals surface area contributed by atoms with Crippen LogP contribution in [0.25, 0.3) is 0 Å². The topological polar surface area (TPSA) is 30.8 Å². The van der Waals surface area contributed by atoms with Gasteiger partial charge in [0.25, 0.3) is 0 Å². The number of fused-ring (bicyclic) bond motifs is 2. The van der Waals surface area contributed by atoms with Gasteiger partial charge in [0.15, 0.2) is 0 Å². The smallest absolute Gasteiger partial charge is 0.143 e. The first-order valence-corrected chi connectivity index (χ1v) is 8.57. The lowest BCUT2D eigenvalue weighted by atomic mass is 9.96. The van der Waals surface area contributed by atoms with Crippen molar-refractivity contribution in [3.8, 4) is 5.75 Å². The maximum atomic E-state index is 6.37. The second kappa shape index (κ2) is 5.43. The normalized spacial score (nSPS) is 26.8. The molecule has 0 amide bonds. The van der Waals surface area contributed by atoms with Crippen LogP contribution in [-0.4, -0.2) is 17.6 Å². The Morgan fingerprint density at radius 3 is 2.73 bits per heavy atom. The van der Waals surface area contributed by atoms with Crippen LogP contribution >= 0.6 is 15.9 Å². The SMILES string of the molecule is BrCCON=C1c2ccccc2OC2(c3ccccc3)CC12. The number of alkyl halides is 1. The molecule has 1 heterocycles. The van der Waals surface area contributed by atoms with E-state index in [-0.39, 0.29) is 11.5 Å². The lowest BCUT2D eigenvalue weighted by molar-refractivity contribution is 0.148. The summed E-state index contributed by atoms with van der Waals surface area (Å²) in [5.74, 6) is 1.15. The molecule has 1 aliphatic heterocycles. The molecule has 22 heavy (non-hydrogen) atoms. The maximum Gasteiger partial charge on any atom is 0.143 e. The van der Waals surface area contributed by atoms with Gasteiger partial charge in [-0.2, -0.15) is 0 Å². The molecule has 2 unspecified atom stereocenters. The minimum Gasteiger partial charge on any atom is -0.481 e. The fourth-order valence-corrected chi connectivity index (χ4v) is 3.33. The minimum absolute atomic E-state index is 0.264. The van der Waals surface area contributed by atoms with Crippen LogP contribution in [0, 0.1) is 5.92 Å². The number of halogens is 1. The standard InChI is InChI=1S/C18H16BrNO2/c19-10-11-21-20-17-14-8-4-5-9-16(14)22-18(12-15(17)18)13-6-2-1-3-7-13/h1-9,15H,10-12H2. The van der Waals surface area contributed by atoms with E-state index < -0.39 is 0 Å². The van der Waals surface area contributed by atoms with E-state index in [1.807, 2.05) is 24.3 Å². The average molecular weight is 358 g/mol. The molecule has 2 atom stereocenters. The molecule has 0 radical (unpaired) electrons. The fraction of sp³-hybridized carbons (Fsp3) is 0.278. The third-order valence-electron chi connectivity index (χ3n) is 4.29. The van der Waals surface area contributed by atoms with Crippen molar-refractivity contribution in [2.45, 2.75) is 12.0 Å². The molecular formula is C18H16BrNO2. The Bertz CT molecular complexity index is 716. The molecule has 0 N–H and O–H groups in total. The summed E-state index contributed by atoms with van der Waals surface area (Å²) >= 11 is 3.36. The summed E-state index contributed by atoms with van der Waals surface area (Å²) in [6, 6.07) is 18.5. The lowest BCUT2D eigenvalue weighted by Gasteiger charge is -2.27. The van der Waals surface area contributed by atoms with Gasteiger partial charge in [-0.05, 0) is 17.7 Å². The van der Waals surface area contributed by atoms with Crippen LogP contribution in [0.3, 0.4) is 0 Å². The summed E-state index contributed by atoms with van der Waals surface area (Å²) in [6.45, 7) is 0.567. The van der Waals surface area contributed by atoms with Crippen LogP contribution in [0.4, 0.5) is 0 Å². The molecule has 3 nitrogen and oxygen atoms in total. The first kappa shape index (κ1) is 13.8.